The maximum atomic E-state index is 13.5. The van der Waals surface area contributed by atoms with Crippen molar-refractivity contribution in [2.45, 2.75) is 62.9 Å². The summed E-state index contributed by atoms with van der Waals surface area (Å²) in [6, 6.07) is 6.43. The summed E-state index contributed by atoms with van der Waals surface area (Å²) in [6.45, 7) is 1.43. The molecular weight excluding hydrogens is 562 g/mol. The fourth-order valence-electron chi connectivity index (χ4n) is 3.95. The molecule has 0 fully saturated rings. The molecule has 0 radical (unpaired) electrons. The minimum absolute atomic E-state index is 0.00691. The van der Waals surface area contributed by atoms with Crippen LogP contribution in [0.1, 0.15) is 30.9 Å². The van der Waals surface area contributed by atoms with Gasteiger partial charge < -0.3 is 53.6 Å². The first-order valence-electron chi connectivity index (χ1n) is 13.5. The molecule has 0 spiro atoms. The number of amides is 3. The Balaban J connectivity index is 2.28. The molecule has 0 saturated carbocycles. The number of nitrogens with two attached hydrogens (primary N) is 3. The van der Waals surface area contributed by atoms with Crippen molar-refractivity contribution >= 4 is 29.7 Å². The molecule has 0 heterocycles. The van der Waals surface area contributed by atoms with Gasteiger partial charge in [-0.25, -0.2) is 4.79 Å². The fourth-order valence-corrected chi connectivity index (χ4v) is 3.95. The number of aliphatic carboxylic acids is 1. The summed E-state index contributed by atoms with van der Waals surface area (Å²) < 4.78 is 0. The predicted octanol–water partition coefficient (Wildman–Crippen LogP) is -1.82. The number of nitrogens with zero attached hydrogens (tertiary/aromatic N) is 1. The van der Waals surface area contributed by atoms with Gasteiger partial charge in [0.25, 0.3) is 0 Å². The van der Waals surface area contributed by atoms with Gasteiger partial charge in [-0.2, -0.15) is 0 Å². The Morgan fingerprint density at radius 2 is 1.21 bits per heavy atom. The quantitative estimate of drug-likeness (QED) is 0.0581. The molecule has 0 aliphatic rings. The molecule has 0 aliphatic heterocycles. The van der Waals surface area contributed by atoms with Crippen LogP contribution in [0.4, 0.5) is 0 Å². The summed E-state index contributed by atoms with van der Waals surface area (Å²) in [5, 5.41) is 46.1. The average Bonchev–Trinajstić information content (AvgIpc) is 2.95. The van der Waals surface area contributed by atoms with Gasteiger partial charge in [-0.15, -0.1) is 0 Å². The molecule has 15 heteroatoms. The molecular formula is C28H39N7O8. The lowest BCUT2D eigenvalue weighted by molar-refractivity contribution is -0.142. The number of phenolic OH excluding ortho intramolecular Hbond substituents is 2. The third kappa shape index (κ3) is 11.9. The number of aliphatic imine (C=N–C) groups is 1. The lowest BCUT2D eigenvalue weighted by atomic mass is 10.0. The van der Waals surface area contributed by atoms with Gasteiger partial charge in [-0.3, -0.25) is 19.4 Å². The predicted molar refractivity (Wildman–Crippen MR) is 157 cm³/mol. The van der Waals surface area contributed by atoms with Gasteiger partial charge in [0.1, 0.15) is 35.7 Å². The molecule has 2 aromatic rings. The number of carbonyl (C=O) groups excluding carboxylic acids is 3. The first kappa shape index (κ1) is 34.3. The van der Waals surface area contributed by atoms with E-state index in [0.717, 1.165) is 0 Å². The van der Waals surface area contributed by atoms with Crippen molar-refractivity contribution in [2.75, 3.05) is 6.54 Å². The van der Waals surface area contributed by atoms with Gasteiger partial charge >= 0.3 is 5.97 Å². The Labute approximate surface area is 248 Å². The standard InChI is InChI=1S/C28H39N7O8/c1-15(36)23(29)26(41)34-21(13-16-4-8-18(37)9-5-16)25(40)33-20(3-2-12-32-28(30)31)24(39)35-22(27(42)43)14-17-6-10-19(38)11-7-17/h4-11,15,20-23,36-38H,2-3,12-14,29H2,1H3,(H,33,40)(H,34,41)(H,35,39)(H,42,43)(H4,30,31,32). The van der Waals surface area contributed by atoms with E-state index < -0.39 is 54.0 Å². The number of guanidine groups is 1. The first-order chi connectivity index (χ1) is 20.3. The summed E-state index contributed by atoms with van der Waals surface area (Å²) in [6.07, 6.45) is -1.15. The van der Waals surface area contributed by atoms with Crippen molar-refractivity contribution in [3.05, 3.63) is 59.7 Å². The molecule has 43 heavy (non-hydrogen) atoms. The van der Waals surface area contributed by atoms with Gasteiger partial charge in [-0.05, 0) is 55.2 Å². The minimum Gasteiger partial charge on any atom is -0.508 e. The zero-order chi connectivity index (χ0) is 32.1. The highest BCUT2D eigenvalue weighted by molar-refractivity contribution is 5.94. The average molecular weight is 602 g/mol. The number of hydrogen-bond donors (Lipinski definition) is 10. The third-order valence-electron chi connectivity index (χ3n) is 6.40. The maximum Gasteiger partial charge on any atom is 0.326 e. The molecule has 0 saturated heterocycles. The highest BCUT2D eigenvalue weighted by atomic mass is 16.4. The number of carboxylic acid groups (broad SMARTS) is 1. The summed E-state index contributed by atoms with van der Waals surface area (Å²) in [4.78, 5) is 55.3. The van der Waals surface area contributed by atoms with Gasteiger partial charge in [-0.1, -0.05) is 24.3 Å². The van der Waals surface area contributed by atoms with E-state index in [9.17, 15) is 39.6 Å². The zero-order valence-corrected chi connectivity index (χ0v) is 23.6. The third-order valence-corrected chi connectivity index (χ3v) is 6.40. The number of carboxylic acids is 1. The summed E-state index contributed by atoms with van der Waals surface area (Å²) >= 11 is 0. The Kier molecular flexibility index (Phi) is 13.2. The van der Waals surface area contributed by atoms with Crippen molar-refractivity contribution in [1.82, 2.24) is 16.0 Å². The molecule has 13 N–H and O–H groups in total. The van der Waals surface area contributed by atoms with Gasteiger partial charge in [0.05, 0.1) is 6.10 Å². The zero-order valence-electron chi connectivity index (χ0n) is 23.6. The number of benzene rings is 2. The van der Waals surface area contributed by atoms with Crippen LogP contribution in [0.2, 0.25) is 0 Å². The topological polar surface area (TPSA) is 276 Å². The van der Waals surface area contributed by atoms with Crippen LogP contribution in [-0.2, 0) is 32.0 Å². The largest absolute Gasteiger partial charge is 0.508 e. The molecule has 0 bridgehead atoms. The summed E-state index contributed by atoms with van der Waals surface area (Å²) in [5.74, 6) is -3.92. The molecule has 15 nitrogen and oxygen atoms in total. The van der Waals surface area contributed by atoms with Crippen molar-refractivity contribution in [1.29, 1.82) is 0 Å². The van der Waals surface area contributed by atoms with E-state index in [1.807, 2.05) is 0 Å². The van der Waals surface area contributed by atoms with Crippen LogP contribution < -0.4 is 33.2 Å². The number of aliphatic hydroxyl groups is 1. The van der Waals surface area contributed by atoms with Crippen molar-refractivity contribution in [3.8, 4) is 11.5 Å². The minimum atomic E-state index is -1.37. The number of rotatable bonds is 16. The van der Waals surface area contributed by atoms with E-state index in [1.54, 1.807) is 0 Å². The van der Waals surface area contributed by atoms with Crippen LogP contribution >= 0.6 is 0 Å². The van der Waals surface area contributed by atoms with E-state index in [1.165, 1.54) is 55.5 Å². The molecule has 5 atom stereocenters. The molecule has 2 rings (SSSR count). The SMILES string of the molecule is CC(O)C(N)C(=O)NC(Cc1ccc(O)cc1)C(=O)NC(CCCN=C(N)N)C(=O)NC(Cc1ccc(O)cc1)C(=O)O. The van der Waals surface area contributed by atoms with Crippen molar-refractivity contribution in [3.63, 3.8) is 0 Å². The number of aromatic hydroxyl groups is 2. The van der Waals surface area contributed by atoms with Crippen molar-refractivity contribution < 1.29 is 39.6 Å². The second-order valence-electron chi connectivity index (χ2n) is 9.98. The smallest absolute Gasteiger partial charge is 0.326 e. The number of aliphatic hydroxyl groups excluding tert-OH is 1. The van der Waals surface area contributed by atoms with Crippen LogP contribution in [0, 0.1) is 0 Å². The Morgan fingerprint density at radius 3 is 1.67 bits per heavy atom. The lowest BCUT2D eigenvalue weighted by Crippen LogP contribution is -2.58. The first-order valence-corrected chi connectivity index (χ1v) is 13.5. The van der Waals surface area contributed by atoms with Gasteiger partial charge in [0, 0.05) is 19.4 Å². The lowest BCUT2D eigenvalue weighted by Gasteiger charge is -2.26. The van der Waals surface area contributed by atoms with Crippen LogP contribution in [0.5, 0.6) is 11.5 Å². The highest BCUT2D eigenvalue weighted by Crippen LogP contribution is 2.14. The monoisotopic (exact) mass is 601 g/mol. The Bertz CT molecular complexity index is 1260. The van der Waals surface area contributed by atoms with E-state index in [4.69, 9.17) is 17.2 Å². The molecule has 0 aromatic heterocycles. The van der Waals surface area contributed by atoms with Gasteiger partial charge in [0.2, 0.25) is 17.7 Å². The Morgan fingerprint density at radius 1 is 0.767 bits per heavy atom. The molecule has 3 amide bonds. The van der Waals surface area contributed by atoms with Crippen LogP contribution in [0.15, 0.2) is 53.5 Å². The number of nitrogens with one attached hydrogen (secondary N) is 3. The maximum absolute atomic E-state index is 13.5. The number of phenols is 2. The summed E-state index contributed by atoms with van der Waals surface area (Å²) in [5.41, 5.74) is 17.5. The number of carbonyl (C=O) groups is 4. The second kappa shape index (κ2) is 16.5. The molecule has 0 aliphatic carbocycles. The normalized spacial score (nSPS) is 14.3. The van der Waals surface area contributed by atoms with E-state index >= 15 is 0 Å². The van der Waals surface area contributed by atoms with Crippen LogP contribution in [0.3, 0.4) is 0 Å². The van der Waals surface area contributed by atoms with Crippen LogP contribution in [-0.4, -0.2) is 86.9 Å². The highest BCUT2D eigenvalue weighted by Gasteiger charge is 2.31. The molecule has 234 valence electrons. The Hall–Kier alpha value is -4.89. The molecule has 5 unspecified atom stereocenters. The van der Waals surface area contributed by atoms with E-state index in [-0.39, 0.29) is 49.7 Å². The van der Waals surface area contributed by atoms with Crippen molar-refractivity contribution in [2.24, 2.45) is 22.2 Å². The molecule has 2 aromatic carbocycles. The van der Waals surface area contributed by atoms with Gasteiger partial charge in [0.15, 0.2) is 5.96 Å². The number of hydrogen-bond acceptors (Lipinski definition) is 9. The van der Waals surface area contributed by atoms with E-state index in [0.29, 0.717) is 11.1 Å². The fraction of sp³-hybridized carbons (Fsp3) is 0.393. The van der Waals surface area contributed by atoms with Crippen LogP contribution in [0.25, 0.3) is 0 Å². The second-order valence-corrected chi connectivity index (χ2v) is 9.98. The summed E-state index contributed by atoms with van der Waals surface area (Å²) in [7, 11) is 0. The van der Waals surface area contributed by atoms with E-state index in [2.05, 4.69) is 20.9 Å².